The maximum Gasteiger partial charge on any atom is 0.281 e. The first-order chi connectivity index (χ1) is 15.7. The minimum atomic E-state index is -0.169. The molecule has 4 heterocycles. The molecule has 164 valence electrons. The summed E-state index contributed by atoms with van der Waals surface area (Å²) in [5, 5.41) is 0.673. The van der Waals surface area contributed by atoms with Crippen molar-refractivity contribution in [1.29, 1.82) is 0 Å². The van der Waals surface area contributed by atoms with E-state index in [1.165, 1.54) is 0 Å². The fourth-order valence-electron chi connectivity index (χ4n) is 5.07. The molecule has 0 radical (unpaired) electrons. The molecule has 1 aromatic carbocycles. The van der Waals surface area contributed by atoms with E-state index in [1.54, 1.807) is 0 Å². The van der Waals surface area contributed by atoms with Gasteiger partial charge in [-0.3, -0.25) is 4.79 Å². The fraction of sp³-hybridized carbons (Fsp3) is 0.400. The number of ether oxygens (including phenoxy) is 3. The molecular formula is C25H26N3O4+. The molecule has 2 aliphatic heterocycles. The molecule has 2 fully saturated rings. The molecule has 3 aromatic rings. The SMILES string of the molecule is O=c1nc2n(c3ccccc13)CC/C2=C/[n+]1ccc(OCC2CCC3OCOC3C2)cc1. The van der Waals surface area contributed by atoms with E-state index in [-0.39, 0.29) is 17.8 Å². The van der Waals surface area contributed by atoms with Crippen molar-refractivity contribution in [2.24, 2.45) is 5.92 Å². The molecule has 2 aromatic heterocycles. The number of hydrogen-bond donors (Lipinski definition) is 0. The zero-order valence-corrected chi connectivity index (χ0v) is 17.9. The lowest BCUT2D eigenvalue weighted by Gasteiger charge is -2.29. The van der Waals surface area contributed by atoms with Crippen molar-refractivity contribution in [2.75, 3.05) is 13.4 Å². The maximum atomic E-state index is 12.5. The monoisotopic (exact) mass is 432 g/mol. The van der Waals surface area contributed by atoms with Gasteiger partial charge in [-0.1, -0.05) is 12.1 Å². The van der Waals surface area contributed by atoms with E-state index < -0.39 is 0 Å². The Hall–Kier alpha value is -3.03. The van der Waals surface area contributed by atoms with Gasteiger partial charge in [-0.2, -0.15) is 9.55 Å². The first-order valence-corrected chi connectivity index (χ1v) is 11.3. The minimum absolute atomic E-state index is 0.169. The third kappa shape index (κ3) is 3.61. The van der Waals surface area contributed by atoms with Crippen LogP contribution in [0.4, 0.5) is 0 Å². The van der Waals surface area contributed by atoms with Gasteiger partial charge in [-0.05, 0) is 43.7 Å². The highest BCUT2D eigenvalue weighted by molar-refractivity contribution is 5.82. The van der Waals surface area contributed by atoms with Crippen molar-refractivity contribution >= 4 is 22.7 Å². The van der Waals surface area contributed by atoms with Crippen molar-refractivity contribution in [1.82, 2.24) is 9.55 Å². The van der Waals surface area contributed by atoms with Crippen LogP contribution in [0.5, 0.6) is 5.75 Å². The van der Waals surface area contributed by atoms with Crippen molar-refractivity contribution in [3.63, 3.8) is 0 Å². The van der Waals surface area contributed by atoms with Gasteiger partial charge in [0.1, 0.15) is 18.4 Å². The molecular weight excluding hydrogens is 406 g/mol. The van der Waals surface area contributed by atoms with E-state index in [9.17, 15) is 4.79 Å². The van der Waals surface area contributed by atoms with Gasteiger partial charge in [0.25, 0.3) is 5.56 Å². The second-order valence-corrected chi connectivity index (χ2v) is 8.81. The predicted octanol–water partition coefficient (Wildman–Crippen LogP) is 3.01. The van der Waals surface area contributed by atoms with Gasteiger partial charge >= 0.3 is 0 Å². The van der Waals surface area contributed by atoms with Crippen LogP contribution in [0.2, 0.25) is 0 Å². The summed E-state index contributed by atoms with van der Waals surface area (Å²) in [5.74, 6) is 2.12. The molecule has 0 spiro atoms. The lowest BCUT2D eigenvalue weighted by atomic mass is 9.86. The van der Waals surface area contributed by atoms with Crippen LogP contribution in [0.25, 0.3) is 22.7 Å². The van der Waals surface area contributed by atoms with Crippen LogP contribution in [0.15, 0.2) is 53.6 Å². The van der Waals surface area contributed by atoms with Crippen LogP contribution in [-0.4, -0.2) is 35.2 Å². The van der Waals surface area contributed by atoms with Gasteiger partial charge in [-0.15, -0.1) is 0 Å². The smallest absolute Gasteiger partial charge is 0.281 e. The number of allylic oxidation sites excluding steroid dienone is 1. The number of nitrogens with zero attached hydrogens (tertiary/aromatic N) is 3. The number of pyridine rings is 1. The Morgan fingerprint density at radius 1 is 1.12 bits per heavy atom. The van der Waals surface area contributed by atoms with Crippen LogP contribution in [0.3, 0.4) is 0 Å². The highest BCUT2D eigenvalue weighted by atomic mass is 16.7. The topological polar surface area (TPSA) is 66.5 Å². The Morgan fingerprint density at radius 3 is 2.88 bits per heavy atom. The Bertz CT molecular complexity index is 1230. The summed E-state index contributed by atoms with van der Waals surface area (Å²) in [6.45, 7) is 1.96. The quantitative estimate of drug-likeness (QED) is 0.593. The maximum absolute atomic E-state index is 12.5. The van der Waals surface area contributed by atoms with Crippen LogP contribution in [-0.2, 0) is 16.0 Å². The highest BCUT2D eigenvalue weighted by Crippen LogP contribution is 2.32. The Morgan fingerprint density at radius 2 is 1.97 bits per heavy atom. The van der Waals surface area contributed by atoms with Gasteiger partial charge in [0, 0.05) is 18.7 Å². The van der Waals surface area contributed by atoms with E-state index in [2.05, 4.69) is 9.55 Å². The number of aromatic nitrogens is 3. The molecule has 3 atom stereocenters. The standard InChI is InChI=1S/C25H26N3O4/c29-25-20-3-1-2-4-21(20)28-12-7-18(24(28)26-25)14-27-10-8-19(9-11-27)30-15-17-5-6-22-23(13-17)32-16-31-22/h1-4,8-11,14,17,22-23H,5-7,12-13,15-16H2/q+1/b18-14-. The zero-order chi connectivity index (χ0) is 21.5. The number of para-hydroxylation sites is 1. The van der Waals surface area contributed by atoms with E-state index in [1.807, 2.05) is 59.6 Å². The average Bonchev–Trinajstić information content (AvgIpc) is 3.46. The number of hydrogen-bond acceptors (Lipinski definition) is 5. The fourth-order valence-corrected chi connectivity index (χ4v) is 5.07. The molecule has 32 heavy (non-hydrogen) atoms. The number of fused-ring (bicyclic) bond motifs is 4. The molecule has 3 aliphatic rings. The van der Waals surface area contributed by atoms with Crippen molar-refractivity contribution in [3.8, 4) is 5.75 Å². The van der Waals surface area contributed by atoms with Gasteiger partial charge in [-0.25, -0.2) is 0 Å². The summed E-state index contributed by atoms with van der Waals surface area (Å²) in [6.07, 6.45) is 10.5. The van der Waals surface area contributed by atoms with E-state index >= 15 is 0 Å². The van der Waals surface area contributed by atoms with Crippen LogP contribution < -0.4 is 14.9 Å². The van der Waals surface area contributed by atoms with Gasteiger partial charge in [0.15, 0.2) is 18.6 Å². The Balaban J connectivity index is 1.15. The van der Waals surface area contributed by atoms with Crippen molar-refractivity contribution < 1.29 is 18.8 Å². The summed E-state index contributed by atoms with van der Waals surface area (Å²) in [4.78, 5) is 16.8. The van der Waals surface area contributed by atoms with E-state index in [0.29, 0.717) is 24.7 Å². The largest absolute Gasteiger partial charge is 0.493 e. The first kappa shape index (κ1) is 19.6. The molecule has 1 saturated carbocycles. The van der Waals surface area contributed by atoms with Crippen LogP contribution in [0.1, 0.15) is 31.5 Å². The summed E-state index contributed by atoms with van der Waals surface area (Å²) in [5.41, 5.74) is 1.84. The molecule has 0 bridgehead atoms. The van der Waals surface area contributed by atoms with Gasteiger partial charge < -0.3 is 18.8 Å². The molecule has 0 N–H and O–H groups in total. The first-order valence-electron chi connectivity index (χ1n) is 11.3. The molecule has 0 amide bonds. The third-order valence-electron chi connectivity index (χ3n) is 6.80. The lowest BCUT2D eigenvalue weighted by Crippen LogP contribution is -2.33. The third-order valence-corrected chi connectivity index (χ3v) is 6.80. The molecule has 1 aliphatic carbocycles. The summed E-state index contributed by atoms with van der Waals surface area (Å²) in [7, 11) is 0. The van der Waals surface area contributed by atoms with Crippen molar-refractivity contribution in [2.45, 2.75) is 44.4 Å². The predicted molar refractivity (Wildman–Crippen MR) is 119 cm³/mol. The normalized spacial score (nSPS) is 25.8. The van der Waals surface area contributed by atoms with Crippen LogP contribution >= 0.6 is 0 Å². The Kier molecular flexibility index (Phi) is 5.00. The zero-order valence-electron chi connectivity index (χ0n) is 17.9. The molecule has 3 unspecified atom stereocenters. The number of rotatable bonds is 4. The van der Waals surface area contributed by atoms with Gasteiger partial charge in [0.2, 0.25) is 0 Å². The molecule has 1 saturated heterocycles. The Labute approximate surface area is 185 Å². The van der Waals surface area contributed by atoms with E-state index in [0.717, 1.165) is 54.9 Å². The van der Waals surface area contributed by atoms with Gasteiger partial charge in [0.05, 0.1) is 35.3 Å². The molecule has 7 heteroatoms. The number of benzene rings is 1. The summed E-state index contributed by atoms with van der Waals surface area (Å²) < 4.78 is 21.4. The highest BCUT2D eigenvalue weighted by Gasteiger charge is 2.36. The second-order valence-electron chi connectivity index (χ2n) is 8.81. The second kappa shape index (κ2) is 8.15. The van der Waals surface area contributed by atoms with Crippen LogP contribution in [0, 0.1) is 5.92 Å². The lowest BCUT2D eigenvalue weighted by molar-refractivity contribution is -0.567. The molecule has 6 rings (SSSR count). The average molecular weight is 433 g/mol. The number of aryl methyl sites for hydroxylation is 1. The minimum Gasteiger partial charge on any atom is -0.493 e. The molecule has 7 nitrogen and oxygen atoms in total. The summed E-state index contributed by atoms with van der Waals surface area (Å²) in [6, 6.07) is 11.6. The van der Waals surface area contributed by atoms with E-state index in [4.69, 9.17) is 14.2 Å². The summed E-state index contributed by atoms with van der Waals surface area (Å²) >= 11 is 0. The van der Waals surface area contributed by atoms with Crippen molar-refractivity contribution in [3.05, 3.63) is 65.0 Å².